The van der Waals surface area contributed by atoms with Crippen molar-refractivity contribution in [1.29, 1.82) is 0 Å². The Balaban J connectivity index is 2.12. The van der Waals surface area contributed by atoms with Crippen LogP contribution in [0.25, 0.3) is 0 Å². The number of carbonyl (C=O) groups excluding carboxylic acids is 2. The summed E-state index contributed by atoms with van der Waals surface area (Å²) >= 11 is 6.23. The molecule has 0 bridgehead atoms. The third-order valence-electron chi connectivity index (χ3n) is 5.07. The lowest BCUT2D eigenvalue weighted by Crippen LogP contribution is -2.47. The molecule has 0 heterocycles. The second kappa shape index (κ2) is 12.2. The first-order chi connectivity index (χ1) is 14.5. The Morgan fingerprint density at radius 2 is 1.83 bits per heavy atom. The van der Waals surface area contributed by atoms with Crippen LogP contribution in [0.2, 0.25) is 5.02 Å². The van der Waals surface area contributed by atoms with Crippen molar-refractivity contribution in [2.24, 2.45) is 0 Å². The zero-order valence-corrected chi connectivity index (χ0v) is 18.7. The van der Waals surface area contributed by atoms with Crippen molar-refractivity contribution in [3.63, 3.8) is 0 Å². The van der Waals surface area contributed by atoms with Gasteiger partial charge in [0, 0.05) is 24.5 Å². The van der Waals surface area contributed by atoms with Gasteiger partial charge in [-0.3, -0.25) is 9.59 Å². The van der Waals surface area contributed by atoms with Crippen LogP contribution in [-0.2, 0) is 22.6 Å². The molecule has 0 aliphatic rings. The first-order valence-electron chi connectivity index (χ1n) is 10.4. The van der Waals surface area contributed by atoms with Crippen LogP contribution in [0.5, 0.6) is 5.75 Å². The first-order valence-corrected chi connectivity index (χ1v) is 10.8. The van der Waals surface area contributed by atoms with Crippen LogP contribution in [0.15, 0.2) is 48.5 Å². The zero-order chi connectivity index (χ0) is 21.9. The van der Waals surface area contributed by atoms with E-state index in [0.29, 0.717) is 24.5 Å². The molecule has 0 radical (unpaired) electrons. The Morgan fingerprint density at radius 3 is 2.47 bits per heavy atom. The Morgan fingerprint density at radius 1 is 1.13 bits per heavy atom. The third-order valence-corrected chi connectivity index (χ3v) is 5.44. The minimum atomic E-state index is -0.567. The highest BCUT2D eigenvalue weighted by Gasteiger charge is 2.25. The normalized spacial score (nSPS) is 11.6. The van der Waals surface area contributed by atoms with E-state index in [1.54, 1.807) is 18.9 Å². The topological polar surface area (TPSA) is 58.6 Å². The predicted octanol–water partition coefficient (Wildman–Crippen LogP) is 4.61. The Bertz CT molecular complexity index is 823. The number of nitrogens with one attached hydrogen (secondary N) is 1. The summed E-state index contributed by atoms with van der Waals surface area (Å²) in [6.07, 6.45) is 2.73. The number of hydrogen-bond donors (Lipinski definition) is 1. The van der Waals surface area contributed by atoms with Crippen LogP contribution in [0.4, 0.5) is 0 Å². The molecule has 0 aliphatic heterocycles. The number of methoxy groups -OCH3 is 1. The minimum Gasteiger partial charge on any atom is -0.497 e. The van der Waals surface area contributed by atoms with E-state index in [-0.39, 0.29) is 18.2 Å². The molecule has 0 aromatic heterocycles. The number of unbranched alkanes of at least 4 members (excludes halogenated alkanes) is 1. The molecule has 0 aliphatic carbocycles. The molecule has 162 valence electrons. The summed E-state index contributed by atoms with van der Waals surface area (Å²) in [7, 11) is 1.61. The van der Waals surface area contributed by atoms with Gasteiger partial charge in [-0.25, -0.2) is 0 Å². The molecule has 30 heavy (non-hydrogen) atoms. The maximum absolute atomic E-state index is 13.1. The number of hydrogen-bond acceptors (Lipinski definition) is 3. The molecule has 0 spiro atoms. The molecular weight excluding hydrogens is 400 g/mol. The van der Waals surface area contributed by atoms with Gasteiger partial charge >= 0.3 is 0 Å². The molecule has 5 nitrogen and oxygen atoms in total. The lowest BCUT2D eigenvalue weighted by atomic mass is 10.1. The predicted molar refractivity (Wildman–Crippen MR) is 121 cm³/mol. The van der Waals surface area contributed by atoms with Crippen molar-refractivity contribution in [2.45, 2.75) is 52.1 Å². The fraction of sp³-hybridized carbons (Fsp3) is 0.417. The summed E-state index contributed by atoms with van der Waals surface area (Å²) in [6.45, 7) is 4.82. The Labute approximate surface area is 184 Å². The van der Waals surface area contributed by atoms with Crippen LogP contribution < -0.4 is 10.1 Å². The minimum absolute atomic E-state index is 0.0797. The molecule has 2 aromatic carbocycles. The molecule has 2 amide bonds. The lowest BCUT2D eigenvalue weighted by molar-refractivity contribution is -0.140. The summed E-state index contributed by atoms with van der Waals surface area (Å²) in [4.78, 5) is 27.4. The van der Waals surface area contributed by atoms with E-state index >= 15 is 0 Å². The maximum Gasteiger partial charge on any atom is 0.242 e. The van der Waals surface area contributed by atoms with E-state index in [9.17, 15) is 9.59 Å². The van der Waals surface area contributed by atoms with Gasteiger partial charge in [0.1, 0.15) is 11.8 Å². The van der Waals surface area contributed by atoms with Gasteiger partial charge in [-0.15, -0.1) is 0 Å². The summed E-state index contributed by atoms with van der Waals surface area (Å²) in [6, 6.07) is 14.5. The standard InChI is InChI=1S/C24H31ClN2O3/c1-4-5-16-26-24(29)18(2)27(17-19-10-13-21(30-3)14-11-19)23(28)15-12-20-8-6-7-9-22(20)25/h6-11,13-14,18H,4-5,12,15-17H2,1-3H3,(H,26,29). The summed E-state index contributed by atoms with van der Waals surface area (Å²) in [5.74, 6) is 0.535. The number of benzene rings is 2. The SMILES string of the molecule is CCCCNC(=O)C(C)N(Cc1ccc(OC)cc1)C(=O)CCc1ccccc1Cl. The van der Waals surface area contributed by atoms with Crippen molar-refractivity contribution in [3.05, 3.63) is 64.7 Å². The van der Waals surface area contributed by atoms with Crippen molar-refractivity contribution in [1.82, 2.24) is 10.2 Å². The number of aryl methyl sites for hydroxylation is 1. The van der Waals surface area contributed by atoms with Crippen molar-refractivity contribution < 1.29 is 14.3 Å². The van der Waals surface area contributed by atoms with E-state index in [2.05, 4.69) is 12.2 Å². The molecular formula is C24H31ClN2O3. The fourth-order valence-electron chi connectivity index (χ4n) is 3.13. The third kappa shape index (κ3) is 7.06. The van der Waals surface area contributed by atoms with Crippen molar-refractivity contribution >= 4 is 23.4 Å². The van der Waals surface area contributed by atoms with Crippen LogP contribution >= 0.6 is 11.6 Å². The molecule has 0 fully saturated rings. The first kappa shape index (κ1) is 23.7. The number of nitrogens with zero attached hydrogens (tertiary/aromatic N) is 1. The smallest absolute Gasteiger partial charge is 0.242 e. The summed E-state index contributed by atoms with van der Waals surface area (Å²) in [5.41, 5.74) is 1.87. The Hall–Kier alpha value is -2.53. The average molecular weight is 431 g/mol. The highest BCUT2D eigenvalue weighted by molar-refractivity contribution is 6.31. The largest absolute Gasteiger partial charge is 0.497 e. The van der Waals surface area contributed by atoms with E-state index in [1.165, 1.54) is 0 Å². The molecule has 2 aromatic rings. The number of rotatable bonds is 11. The van der Waals surface area contributed by atoms with Crippen molar-refractivity contribution in [3.8, 4) is 5.75 Å². The van der Waals surface area contributed by atoms with Crippen LogP contribution in [0, 0.1) is 0 Å². The quantitative estimate of drug-likeness (QED) is 0.529. The van der Waals surface area contributed by atoms with E-state index in [4.69, 9.17) is 16.3 Å². The molecule has 1 unspecified atom stereocenters. The van der Waals surface area contributed by atoms with Gasteiger partial charge in [-0.2, -0.15) is 0 Å². The van der Waals surface area contributed by atoms with Gasteiger partial charge in [0.2, 0.25) is 11.8 Å². The van der Waals surface area contributed by atoms with Gasteiger partial charge in [-0.1, -0.05) is 55.3 Å². The number of carbonyl (C=O) groups is 2. The number of amides is 2. The highest BCUT2D eigenvalue weighted by Crippen LogP contribution is 2.19. The van der Waals surface area contributed by atoms with Gasteiger partial charge in [-0.05, 0) is 49.1 Å². The zero-order valence-electron chi connectivity index (χ0n) is 18.0. The van der Waals surface area contributed by atoms with Gasteiger partial charge in [0.05, 0.1) is 7.11 Å². The van der Waals surface area contributed by atoms with Crippen LogP contribution in [0.3, 0.4) is 0 Å². The summed E-state index contributed by atoms with van der Waals surface area (Å²) < 4.78 is 5.20. The van der Waals surface area contributed by atoms with Gasteiger partial charge in [0.25, 0.3) is 0 Å². The molecule has 6 heteroatoms. The molecule has 2 rings (SSSR count). The van der Waals surface area contributed by atoms with E-state index in [1.807, 2.05) is 48.5 Å². The highest BCUT2D eigenvalue weighted by atomic mass is 35.5. The molecule has 0 saturated heterocycles. The maximum atomic E-state index is 13.1. The number of halogens is 1. The molecule has 1 atom stereocenters. The van der Waals surface area contributed by atoms with E-state index in [0.717, 1.165) is 29.7 Å². The lowest BCUT2D eigenvalue weighted by Gasteiger charge is -2.29. The van der Waals surface area contributed by atoms with Gasteiger partial charge < -0.3 is 15.0 Å². The number of ether oxygens (including phenoxy) is 1. The van der Waals surface area contributed by atoms with Gasteiger partial charge in [0.15, 0.2) is 0 Å². The monoisotopic (exact) mass is 430 g/mol. The average Bonchev–Trinajstić information content (AvgIpc) is 2.76. The second-order valence-electron chi connectivity index (χ2n) is 7.28. The summed E-state index contributed by atoms with van der Waals surface area (Å²) in [5, 5.41) is 3.58. The fourth-order valence-corrected chi connectivity index (χ4v) is 3.36. The van der Waals surface area contributed by atoms with E-state index < -0.39 is 6.04 Å². The van der Waals surface area contributed by atoms with Crippen LogP contribution in [0.1, 0.15) is 44.2 Å². The second-order valence-corrected chi connectivity index (χ2v) is 7.69. The Kier molecular flexibility index (Phi) is 9.68. The molecule has 1 N–H and O–H groups in total. The van der Waals surface area contributed by atoms with Crippen molar-refractivity contribution in [2.75, 3.05) is 13.7 Å². The molecule has 0 saturated carbocycles. The van der Waals surface area contributed by atoms with Crippen LogP contribution in [-0.4, -0.2) is 36.4 Å².